The SMILES string of the molecule is COc1ccc(C(=O)NC(c2ccccn2)C(F)(F)F)cc1OCCN. The molecule has 1 heterocycles. The first-order chi connectivity index (χ1) is 12.4. The van der Waals surface area contributed by atoms with E-state index >= 15 is 0 Å². The van der Waals surface area contributed by atoms with Gasteiger partial charge in [-0.05, 0) is 30.3 Å². The smallest absolute Gasteiger partial charge is 0.414 e. The summed E-state index contributed by atoms with van der Waals surface area (Å²) < 4.78 is 50.5. The van der Waals surface area contributed by atoms with E-state index in [9.17, 15) is 18.0 Å². The Morgan fingerprint density at radius 2 is 2.04 bits per heavy atom. The van der Waals surface area contributed by atoms with E-state index in [1.807, 2.05) is 5.32 Å². The average Bonchev–Trinajstić information content (AvgIpc) is 2.63. The summed E-state index contributed by atoms with van der Waals surface area (Å²) in [6.45, 7) is 0.399. The number of methoxy groups -OCH3 is 1. The van der Waals surface area contributed by atoms with Gasteiger partial charge in [-0.25, -0.2) is 0 Å². The predicted molar refractivity (Wildman–Crippen MR) is 88.0 cm³/mol. The van der Waals surface area contributed by atoms with Gasteiger partial charge in [0.1, 0.15) is 6.61 Å². The lowest BCUT2D eigenvalue weighted by molar-refractivity contribution is -0.156. The minimum atomic E-state index is -4.70. The molecule has 0 aliphatic carbocycles. The van der Waals surface area contributed by atoms with Gasteiger partial charge in [0, 0.05) is 18.3 Å². The molecule has 0 bridgehead atoms. The van der Waals surface area contributed by atoms with E-state index < -0.39 is 18.1 Å². The number of alkyl halides is 3. The van der Waals surface area contributed by atoms with Crippen LogP contribution in [0.5, 0.6) is 11.5 Å². The lowest BCUT2D eigenvalue weighted by Gasteiger charge is -2.21. The number of nitrogens with zero attached hydrogens (tertiary/aromatic N) is 1. The molecule has 1 atom stereocenters. The fourth-order valence-corrected chi connectivity index (χ4v) is 2.18. The van der Waals surface area contributed by atoms with Crippen molar-refractivity contribution in [2.75, 3.05) is 20.3 Å². The third kappa shape index (κ3) is 4.85. The van der Waals surface area contributed by atoms with Gasteiger partial charge in [0.2, 0.25) is 0 Å². The quantitative estimate of drug-likeness (QED) is 0.783. The lowest BCUT2D eigenvalue weighted by Crippen LogP contribution is -2.38. The Bertz CT molecular complexity index is 739. The van der Waals surface area contributed by atoms with Crippen LogP contribution in [0.2, 0.25) is 0 Å². The number of hydrogen-bond donors (Lipinski definition) is 2. The summed E-state index contributed by atoms with van der Waals surface area (Å²) >= 11 is 0. The first-order valence-corrected chi connectivity index (χ1v) is 7.66. The van der Waals surface area contributed by atoms with Crippen LogP contribution in [0.4, 0.5) is 13.2 Å². The Balaban J connectivity index is 2.26. The van der Waals surface area contributed by atoms with Crippen molar-refractivity contribution in [1.29, 1.82) is 0 Å². The van der Waals surface area contributed by atoms with Gasteiger partial charge < -0.3 is 20.5 Å². The fraction of sp³-hybridized carbons (Fsp3) is 0.294. The number of nitrogens with two attached hydrogens (primary N) is 1. The molecular weight excluding hydrogens is 351 g/mol. The van der Waals surface area contributed by atoms with Gasteiger partial charge in [-0.2, -0.15) is 13.2 Å². The van der Waals surface area contributed by atoms with Crippen LogP contribution in [0.1, 0.15) is 22.1 Å². The molecule has 3 N–H and O–H groups in total. The number of benzene rings is 1. The van der Waals surface area contributed by atoms with Gasteiger partial charge in [0.15, 0.2) is 17.5 Å². The van der Waals surface area contributed by atoms with Gasteiger partial charge >= 0.3 is 6.18 Å². The number of rotatable bonds is 7. The maximum Gasteiger partial charge on any atom is 0.414 e. The molecule has 0 aliphatic rings. The van der Waals surface area contributed by atoms with Crippen LogP contribution in [0.15, 0.2) is 42.6 Å². The van der Waals surface area contributed by atoms with E-state index in [0.717, 1.165) is 0 Å². The molecule has 1 aromatic heterocycles. The van der Waals surface area contributed by atoms with Crippen molar-refractivity contribution in [3.63, 3.8) is 0 Å². The first kappa shape index (κ1) is 19.5. The largest absolute Gasteiger partial charge is 0.493 e. The van der Waals surface area contributed by atoms with Gasteiger partial charge in [-0.3, -0.25) is 9.78 Å². The Labute approximate surface area is 148 Å². The number of aromatic nitrogens is 1. The van der Waals surface area contributed by atoms with Crippen molar-refractivity contribution in [2.24, 2.45) is 5.73 Å². The molecule has 0 aliphatic heterocycles. The maximum atomic E-state index is 13.3. The lowest BCUT2D eigenvalue weighted by atomic mass is 10.1. The summed E-state index contributed by atoms with van der Waals surface area (Å²) in [6.07, 6.45) is -3.47. The molecular formula is C17H18F3N3O3. The predicted octanol–water partition coefficient (Wildman–Crippen LogP) is 2.46. The maximum absolute atomic E-state index is 13.3. The molecule has 1 amide bonds. The summed E-state index contributed by atoms with van der Waals surface area (Å²) in [6, 6.07) is 5.95. The van der Waals surface area contributed by atoms with E-state index in [2.05, 4.69) is 4.98 Å². The highest BCUT2D eigenvalue weighted by Crippen LogP contribution is 2.33. The highest BCUT2D eigenvalue weighted by Gasteiger charge is 2.43. The van der Waals surface area contributed by atoms with E-state index in [4.69, 9.17) is 15.2 Å². The van der Waals surface area contributed by atoms with Crippen LogP contribution < -0.4 is 20.5 Å². The third-order valence-electron chi connectivity index (χ3n) is 3.39. The van der Waals surface area contributed by atoms with Crippen molar-refractivity contribution in [3.8, 4) is 11.5 Å². The van der Waals surface area contributed by atoms with Crippen LogP contribution in [-0.2, 0) is 0 Å². The van der Waals surface area contributed by atoms with E-state index in [1.165, 1.54) is 49.7 Å². The Morgan fingerprint density at radius 1 is 1.27 bits per heavy atom. The molecule has 0 saturated carbocycles. The standard InChI is InChI=1S/C17H18F3N3O3/c1-25-13-6-5-11(10-14(13)26-9-7-21)16(24)23-15(17(18,19)20)12-4-2-3-8-22-12/h2-6,8,10,15H,7,9,21H2,1H3,(H,23,24). The molecule has 0 fully saturated rings. The number of amides is 1. The first-order valence-electron chi connectivity index (χ1n) is 7.66. The number of hydrogen-bond acceptors (Lipinski definition) is 5. The van der Waals surface area contributed by atoms with Crippen LogP contribution >= 0.6 is 0 Å². The summed E-state index contributed by atoms with van der Waals surface area (Å²) in [5, 5.41) is 1.96. The molecule has 0 spiro atoms. The van der Waals surface area contributed by atoms with Gasteiger partial charge in [0.25, 0.3) is 5.91 Å². The minimum absolute atomic E-state index is 0.0111. The zero-order valence-corrected chi connectivity index (χ0v) is 13.9. The number of carbonyl (C=O) groups excluding carboxylic acids is 1. The van der Waals surface area contributed by atoms with Crippen LogP contribution in [-0.4, -0.2) is 37.3 Å². The Kier molecular flexibility index (Phi) is 6.40. The highest BCUT2D eigenvalue weighted by molar-refractivity contribution is 5.95. The number of nitrogens with one attached hydrogen (secondary N) is 1. The molecule has 26 heavy (non-hydrogen) atoms. The van der Waals surface area contributed by atoms with Crippen molar-refractivity contribution in [1.82, 2.24) is 10.3 Å². The van der Waals surface area contributed by atoms with Gasteiger partial charge in [-0.15, -0.1) is 0 Å². The van der Waals surface area contributed by atoms with E-state index in [0.29, 0.717) is 5.75 Å². The Hall–Kier alpha value is -2.81. The van der Waals surface area contributed by atoms with Crippen LogP contribution in [0.3, 0.4) is 0 Å². The second-order valence-electron chi connectivity index (χ2n) is 5.21. The van der Waals surface area contributed by atoms with Crippen LogP contribution in [0.25, 0.3) is 0 Å². The normalized spacial score (nSPS) is 12.3. The zero-order valence-electron chi connectivity index (χ0n) is 13.9. The molecule has 140 valence electrons. The topological polar surface area (TPSA) is 86.5 Å². The molecule has 2 rings (SSSR count). The molecule has 0 saturated heterocycles. The van der Waals surface area contributed by atoms with E-state index in [-0.39, 0.29) is 30.2 Å². The average molecular weight is 369 g/mol. The summed E-state index contributed by atoms with van der Waals surface area (Å²) in [5.74, 6) is -0.364. The molecule has 1 aromatic carbocycles. The number of carbonyl (C=O) groups is 1. The van der Waals surface area contributed by atoms with Crippen molar-refractivity contribution < 1.29 is 27.4 Å². The molecule has 6 nitrogen and oxygen atoms in total. The zero-order chi connectivity index (χ0) is 19.2. The van der Waals surface area contributed by atoms with Gasteiger partial charge in [-0.1, -0.05) is 6.07 Å². The van der Waals surface area contributed by atoms with Crippen LogP contribution in [0, 0.1) is 0 Å². The van der Waals surface area contributed by atoms with Crippen molar-refractivity contribution >= 4 is 5.91 Å². The molecule has 9 heteroatoms. The second kappa shape index (κ2) is 8.52. The number of pyridine rings is 1. The molecule has 0 radical (unpaired) electrons. The van der Waals surface area contributed by atoms with Crippen molar-refractivity contribution in [3.05, 3.63) is 53.9 Å². The third-order valence-corrected chi connectivity index (χ3v) is 3.39. The fourth-order valence-electron chi connectivity index (χ4n) is 2.18. The Morgan fingerprint density at radius 3 is 2.62 bits per heavy atom. The minimum Gasteiger partial charge on any atom is -0.493 e. The summed E-state index contributed by atoms with van der Waals surface area (Å²) in [5.41, 5.74) is 5.05. The molecule has 2 aromatic rings. The second-order valence-corrected chi connectivity index (χ2v) is 5.21. The number of halogens is 3. The highest BCUT2D eigenvalue weighted by atomic mass is 19.4. The van der Waals surface area contributed by atoms with Crippen molar-refractivity contribution in [2.45, 2.75) is 12.2 Å². The monoisotopic (exact) mass is 369 g/mol. The van der Waals surface area contributed by atoms with E-state index in [1.54, 1.807) is 0 Å². The molecule has 1 unspecified atom stereocenters. The summed E-state index contributed by atoms with van der Waals surface area (Å²) in [4.78, 5) is 16.0. The van der Waals surface area contributed by atoms with Gasteiger partial charge in [0.05, 0.1) is 12.8 Å². The number of ether oxygens (including phenoxy) is 2. The summed E-state index contributed by atoms with van der Waals surface area (Å²) in [7, 11) is 1.41.